The zero-order valence-electron chi connectivity index (χ0n) is 15.8. The Balaban J connectivity index is 1.66. The number of anilines is 1. The van der Waals surface area contributed by atoms with E-state index in [9.17, 15) is 18.0 Å². The fraction of sp³-hybridized carbons (Fsp3) is 0.316. The second-order valence-corrected chi connectivity index (χ2v) is 8.24. The number of ether oxygens (including phenoxy) is 2. The van der Waals surface area contributed by atoms with E-state index in [1.165, 1.54) is 22.6 Å². The number of nitrogens with zero attached hydrogens (tertiary/aromatic N) is 2. The van der Waals surface area contributed by atoms with Crippen LogP contribution in [-0.4, -0.2) is 62.5 Å². The molecule has 0 bridgehead atoms. The molecule has 29 heavy (non-hydrogen) atoms. The second-order valence-electron chi connectivity index (χ2n) is 6.34. The van der Waals surface area contributed by atoms with E-state index in [2.05, 4.69) is 10.3 Å². The lowest BCUT2D eigenvalue weighted by Crippen LogP contribution is -2.40. The molecule has 10 heteroatoms. The minimum atomic E-state index is -3.70. The van der Waals surface area contributed by atoms with Crippen molar-refractivity contribution >= 4 is 27.6 Å². The molecule has 2 aromatic rings. The maximum Gasteiger partial charge on any atom is 0.357 e. The average Bonchev–Trinajstić information content (AvgIpc) is 2.74. The van der Waals surface area contributed by atoms with Crippen LogP contribution in [0.4, 0.5) is 5.69 Å². The number of esters is 1. The lowest BCUT2D eigenvalue weighted by atomic mass is 10.2. The van der Waals surface area contributed by atoms with Crippen LogP contribution in [0.15, 0.2) is 47.5 Å². The van der Waals surface area contributed by atoms with E-state index < -0.39 is 28.5 Å². The number of amides is 1. The van der Waals surface area contributed by atoms with Gasteiger partial charge in [0.25, 0.3) is 5.91 Å². The number of aryl methyl sites for hydroxylation is 1. The van der Waals surface area contributed by atoms with E-state index in [1.807, 2.05) is 0 Å². The SMILES string of the molecule is Cc1ccc(NC(=O)COC(=O)c2ccccn2)cc1S(=O)(=O)N1CCOCC1. The molecule has 0 aliphatic carbocycles. The largest absolute Gasteiger partial charge is 0.451 e. The van der Waals surface area contributed by atoms with Crippen molar-refractivity contribution in [2.45, 2.75) is 11.8 Å². The number of morpholine rings is 1. The van der Waals surface area contributed by atoms with Gasteiger partial charge in [0.2, 0.25) is 10.0 Å². The normalized spacial score (nSPS) is 14.9. The summed E-state index contributed by atoms with van der Waals surface area (Å²) in [5.74, 6) is -1.31. The molecule has 1 aliphatic rings. The Morgan fingerprint density at radius 1 is 1.21 bits per heavy atom. The molecule has 2 heterocycles. The summed E-state index contributed by atoms with van der Waals surface area (Å²) in [4.78, 5) is 27.9. The molecule has 1 saturated heterocycles. The van der Waals surface area contributed by atoms with Crippen LogP contribution in [0, 0.1) is 6.92 Å². The highest BCUT2D eigenvalue weighted by molar-refractivity contribution is 7.89. The summed E-state index contributed by atoms with van der Waals surface area (Å²) >= 11 is 0. The average molecular weight is 419 g/mol. The van der Waals surface area contributed by atoms with Crippen LogP contribution in [0.5, 0.6) is 0 Å². The van der Waals surface area contributed by atoms with E-state index >= 15 is 0 Å². The maximum atomic E-state index is 12.9. The third-order valence-corrected chi connectivity index (χ3v) is 6.31. The number of sulfonamides is 1. The van der Waals surface area contributed by atoms with E-state index in [4.69, 9.17) is 9.47 Å². The molecule has 9 nitrogen and oxygen atoms in total. The molecule has 1 aliphatic heterocycles. The lowest BCUT2D eigenvalue weighted by Gasteiger charge is -2.26. The number of carbonyl (C=O) groups excluding carboxylic acids is 2. The molecule has 0 spiro atoms. The van der Waals surface area contributed by atoms with E-state index in [1.54, 1.807) is 31.2 Å². The third-order valence-electron chi connectivity index (χ3n) is 4.27. The summed E-state index contributed by atoms with van der Waals surface area (Å²) in [6, 6.07) is 9.37. The van der Waals surface area contributed by atoms with Gasteiger partial charge in [-0.25, -0.2) is 18.2 Å². The van der Waals surface area contributed by atoms with E-state index in [0.717, 1.165) is 0 Å². The highest BCUT2D eigenvalue weighted by Crippen LogP contribution is 2.24. The fourth-order valence-corrected chi connectivity index (χ4v) is 4.43. The molecule has 1 fully saturated rings. The van der Waals surface area contributed by atoms with Crippen LogP contribution in [0.3, 0.4) is 0 Å². The van der Waals surface area contributed by atoms with Crippen molar-refractivity contribution in [1.29, 1.82) is 0 Å². The summed E-state index contributed by atoms with van der Waals surface area (Å²) in [5, 5.41) is 2.55. The first-order chi connectivity index (χ1) is 13.9. The summed E-state index contributed by atoms with van der Waals surface area (Å²) in [6.07, 6.45) is 1.44. The number of hydrogen-bond donors (Lipinski definition) is 1. The van der Waals surface area contributed by atoms with Crippen LogP contribution in [-0.2, 0) is 24.3 Å². The number of rotatable bonds is 6. The first-order valence-electron chi connectivity index (χ1n) is 8.94. The third kappa shape index (κ3) is 5.17. The molecule has 0 unspecified atom stereocenters. The minimum Gasteiger partial charge on any atom is -0.451 e. The van der Waals surface area contributed by atoms with Crippen molar-refractivity contribution in [3.63, 3.8) is 0 Å². The lowest BCUT2D eigenvalue weighted by molar-refractivity contribution is -0.119. The summed E-state index contributed by atoms with van der Waals surface area (Å²) in [7, 11) is -3.70. The van der Waals surface area contributed by atoms with Crippen molar-refractivity contribution in [3.8, 4) is 0 Å². The van der Waals surface area contributed by atoms with E-state index in [-0.39, 0.29) is 23.7 Å². The van der Waals surface area contributed by atoms with Crippen molar-refractivity contribution in [2.75, 3.05) is 38.2 Å². The Kier molecular flexibility index (Phi) is 6.57. The van der Waals surface area contributed by atoms with Crippen LogP contribution >= 0.6 is 0 Å². The predicted octanol–water partition coefficient (Wildman–Crippen LogP) is 1.21. The highest BCUT2D eigenvalue weighted by atomic mass is 32.2. The second kappa shape index (κ2) is 9.12. The zero-order chi connectivity index (χ0) is 20.9. The Bertz CT molecular complexity index is 988. The van der Waals surface area contributed by atoms with Gasteiger partial charge in [-0.3, -0.25) is 4.79 Å². The smallest absolute Gasteiger partial charge is 0.357 e. The Hall–Kier alpha value is -2.82. The van der Waals surface area contributed by atoms with Gasteiger partial charge in [0.05, 0.1) is 18.1 Å². The molecule has 0 radical (unpaired) electrons. The van der Waals surface area contributed by atoms with Gasteiger partial charge in [0.1, 0.15) is 5.69 Å². The van der Waals surface area contributed by atoms with Crippen molar-refractivity contribution in [1.82, 2.24) is 9.29 Å². The van der Waals surface area contributed by atoms with Gasteiger partial charge in [0, 0.05) is 25.0 Å². The van der Waals surface area contributed by atoms with Gasteiger partial charge in [-0.15, -0.1) is 0 Å². The standard InChI is InChI=1S/C19H21N3O6S/c1-14-5-6-15(12-17(14)29(25,26)22-8-10-27-11-9-22)21-18(23)13-28-19(24)16-4-2-3-7-20-16/h2-7,12H,8-11,13H2,1H3,(H,21,23). The molecular formula is C19H21N3O6S. The van der Waals surface area contributed by atoms with Crippen molar-refractivity contribution < 1.29 is 27.5 Å². The van der Waals surface area contributed by atoms with Crippen LogP contribution in [0.1, 0.15) is 16.1 Å². The number of aromatic nitrogens is 1. The summed E-state index contributed by atoms with van der Waals surface area (Å²) in [5.41, 5.74) is 0.951. The molecule has 0 atom stereocenters. The van der Waals surface area contributed by atoms with Crippen molar-refractivity contribution in [2.24, 2.45) is 0 Å². The predicted molar refractivity (Wildman–Crippen MR) is 104 cm³/mol. The molecule has 154 valence electrons. The molecule has 1 aromatic carbocycles. The van der Waals surface area contributed by atoms with Gasteiger partial charge in [-0.1, -0.05) is 12.1 Å². The van der Waals surface area contributed by atoms with Gasteiger partial charge < -0.3 is 14.8 Å². The Morgan fingerprint density at radius 3 is 2.66 bits per heavy atom. The monoisotopic (exact) mass is 419 g/mol. The Morgan fingerprint density at radius 2 is 1.97 bits per heavy atom. The van der Waals surface area contributed by atoms with Crippen LogP contribution < -0.4 is 5.32 Å². The highest BCUT2D eigenvalue weighted by Gasteiger charge is 2.28. The topological polar surface area (TPSA) is 115 Å². The number of nitrogens with one attached hydrogen (secondary N) is 1. The van der Waals surface area contributed by atoms with Gasteiger partial charge >= 0.3 is 5.97 Å². The Labute approximate surface area is 168 Å². The zero-order valence-corrected chi connectivity index (χ0v) is 16.6. The van der Waals surface area contributed by atoms with Crippen molar-refractivity contribution in [3.05, 3.63) is 53.9 Å². The molecule has 0 saturated carbocycles. The minimum absolute atomic E-state index is 0.0922. The molecule has 1 amide bonds. The number of hydrogen-bond acceptors (Lipinski definition) is 7. The first kappa shape index (κ1) is 20.9. The van der Waals surface area contributed by atoms with Gasteiger partial charge in [-0.05, 0) is 36.8 Å². The molecule has 1 aromatic heterocycles. The fourth-order valence-electron chi connectivity index (χ4n) is 2.77. The molecule has 1 N–H and O–H groups in total. The molecule has 3 rings (SSSR count). The van der Waals surface area contributed by atoms with Gasteiger partial charge in [-0.2, -0.15) is 4.31 Å². The quantitative estimate of drug-likeness (QED) is 0.700. The number of carbonyl (C=O) groups is 2. The van der Waals surface area contributed by atoms with Crippen LogP contribution in [0.25, 0.3) is 0 Å². The van der Waals surface area contributed by atoms with Crippen LogP contribution in [0.2, 0.25) is 0 Å². The maximum absolute atomic E-state index is 12.9. The first-order valence-corrected chi connectivity index (χ1v) is 10.4. The van der Waals surface area contributed by atoms with E-state index in [0.29, 0.717) is 24.5 Å². The number of pyridine rings is 1. The number of benzene rings is 1. The molecular weight excluding hydrogens is 398 g/mol. The summed E-state index contributed by atoms with van der Waals surface area (Å²) < 4.78 is 37.3. The van der Waals surface area contributed by atoms with Gasteiger partial charge in [0.15, 0.2) is 6.61 Å². The summed E-state index contributed by atoms with van der Waals surface area (Å²) in [6.45, 7) is 2.42.